The number of hydrogen-bond acceptors (Lipinski definition) is 0. The van der Waals surface area contributed by atoms with Crippen LogP contribution in [-0.2, 0) is 0 Å². The zero-order valence-electron chi connectivity index (χ0n) is 11.1. The van der Waals surface area contributed by atoms with Gasteiger partial charge in [-0.3, -0.25) is 0 Å². The summed E-state index contributed by atoms with van der Waals surface area (Å²) in [5, 5.41) is 2.81. The molecule has 16 heavy (non-hydrogen) atoms. The Kier molecular flexibility index (Phi) is 5.72. The van der Waals surface area contributed by atoms with Crippen LogP contribution in [0.5, 0.6) is 0 Å². The molecule has 0 saturated heterocycles. The standard InChI is InChI=1S/C14H15P.Na.H/c1-11-3-7-13(8-4-11)15-14-9-5-12(2)6-10-14;;/h3-10,15H,1-2H3;;/q;+1;-1. The van der Waals surface area contributed by atoms with E-state index < -0.39 is 0 Å². The second kappa shape index (κ2) is 6.57. The van der Waals surface area contributed by atoms with Crippen LogP contribution in [0.3, 0.4) is 0 Å². The van der Waals surface area contributed by atoms with Crippen molar-refractivity contribution in [2.45, 2.75) is 13.8 Å². The molecule has 2 heteroatoms. The molecule has 0 aliphatic rings. The largest absolute Gasteiger partial charge is 1.00 e. The van der Waals surface area contributed by atoms with E-state index >= 15 is 0 Å². The molecule has 0 aliphatic carbocycles. The molecular weight excluding hydrogens is 222 g/mol. The van der Waals surface area contributed by atoms with Crippen molar-refractivity contribution in [3.05, 3.63) is 59.7 Å². The van der Waals surface area contributed by atoms with Gasteiger partial charge >= 0.3 is 29.6 Å². The molecule has 0 nitrogen and oxygen atoms in total. The molecule has 0 unspecified atom stereocenters. The summed E-state index contributed by atoms with van der Waals surface area (Å²) >= 11 is 0. The van der Waals surface area contributed by atoms with Gasteiger partial charge in [-0.15, -0.1) is 0 Å². The summed E-state index contributed by atoms with van der Waals surface area (Å²) in [4.78, 5) is 0. The van der Waals surface area contributed by atoms with Gasteiger partial charge in [-0.2, -0.15) is 0 Å². The third kappa shape index (κ3) is 4.03. The van der Waals surface area contributed by atoms with E-state index in [4.69, 9.17) is 0 Å². The Morgan fingerprint density at radius 1 is 0.688 bits per heavy atom. The van der Waals surface area contributed by atoms with Gasteiger partial charge in [0.05, 0.1) is 0 Å². The maximum Gasteiger partial charge on any atom is 1.00 e. The van der Waals surface area contributed by atoms with E-state index in [1.807, 2.05) is 0 Å². The molecule has 0 fully saturated rings. The van der Waals surface area contributed by atoms with Crippen LogP contribution in [0.2, 0.25) is 0 Å². The van der Waals surface area contributed by atoms with Crippen molar-refractivity contribution in [3.8, 4) is 0 Å². The van der Waals surface area contributed by atoms with Gasteiger partial charge in [-0.05, 0) is 24.5 Å². The van der Waals surface area contributed by atoms with Crippen molar-refractivity contribution < 1.29 is 31.0 Å². The molecule has 0 saturated carbocycles. The predicted octanol–water partition coefficient (Wildman–Crippen LogP) is 0.0492. The van der Waals surface area contributed by atoms with E-state index in [1.54, 1.807) is 0 Å². The maximum atomic E-state index is 2.22. The Morgan fingerprint density at radius 3 is 1.31 bits per heavy atom. The van der Waals surface area contributed by atoms with E-state index in [9.17, 15) is 0 Å². The van der Waals surface area contributed by atoms with Crippen molar-refractivity contribution in [2.75, 3.05) is 0 Å². The van der Waals surface area contributed by atoms with Gasteiger partial charge in [-0.1, -0.05) is 68.2 Å². The van der Waals surface area contributed by atoms with Crippen LogP contribution in [0.1, 0.15) is 12.6 Å². The monoisotopic (exact) mass is 238 g/mol. The van der Waals surface area contributed by atoms with Crippen LogP contribution in [-0.4, -0.2) is 0 Å². The van der Waals surface area contributed by atoms with Gasteiger partial charge in [0.25, 0.3) is 0 Å². The Hall–Kier alpha value is -0.130. The molecule has 0 aromatic heterocycles. The number of rotatable bonds is 2. The number of hydrogen-bond donors (Lipinski definition) is 0. The first kappa shape index (κ1) is 13.9. The van der Waals surface area contributed by atoms with Gasteiger partial charge in [0.15, 0.2) is 0 Å². The van der Waals surface area contributed by atoms with Gasteiger partial charge < -0.3 is 1.43 Å². The fourth-order valence-corrected chi connectivity index (χ4v) is 2.44. The maximum absolute atomic E-state index is 2.22. The molecule has 0 spiro atoms. The minimum absolute atomic E-state index is 0. The normalized spacial score (nSPS) is 9.62. The van der Waals surface area contributed by atoms with Gasteiger partial charge in [0.2, 0.25) is 0 Å². The van der Waals surface area contributed by atoms with Gasteiger partial charge in [0.1, 0.15) is 0 Å². The summed E-state index contributed by atoms with van der Waals surface area (Å²) in [6.07, 6.45) is 0. The molecule has 0 bridgehead atoms. The zero-order valence-corrected chi connectivity index (χ0v) is 13.1. The summed E-state index contributed by atoms with van der Waals surface area (Å²) in [6.45, 7) is 4.25. The van der Waals surface area contributed by atoms with Crippen molar-refractivity contribution in [1.82, 2.24) is 0 Å². The molecule has 2 rings (SSSR count). The second-order valence-corrected chi connectivity index (χ2v) is 5.26. The van der Waals surface area contributed by atoms with Crippen LogP contribution in [0.4, 0.5) is 0 Å². The quantitative estimate of drug-likeness (QED) is 0.512. The fourth-order valence-electron chi connectivity index (χ4n) is 1.44. The fraction of sp³-hybridized carbons (Fsp3) is 0.143. The van der Waals surface area contributed by atoms with E-state index in [0.717, 1.165) is 8.58 Å². The van der Waals surface area contributed by atoms with E-state index in [-0.39, 0.29) is 31.0 Å². The summed E-state index contributed by atoms with van der Waals surface area (Å²) in [6, 6.07) is 17.6. The molecule has 0 N–H and O–H groups in total. The third-order valence-corrected chi connectivity index (χ3v) is 3.64. The molecular formula is C14H16NaP. The molecule has 2 aromatic carbocycles. The summed E-state index contributed by atoms with van der Waals surface area (Å²) in [5.74, 6) is 0. The smallest absolute Gasteiger partial charge is 1.00 e. The first-order valence-corrected chi connectivity index (χ1v) is 6.14. The average molecular weight is 238 g/mol. The first-order valence-electron chi connectivity index (χ1n) is 5.14. The van der Waals surface area contributed by atoms with Crippen molar-refractivity contribution >= 4 is 19.2 Å². The molecule has 0 heterocycles. The van der Waals surface area contributed by atoms with E-state index in [1.165, 1.54) is 21.7 Å². The Balaban J connectivity index is 0.00000128. The van der Waals surface area contributed by atoms with Crippen LogP contribution in [0, 0.1) is 13.8 Å². The topological polar surface area (TPSA) is 0 Å². The van der Waals surface area contributed by atoms with Gasteiger partial charge in [-0.25, -0.2) is 0 Å². The minimum Gasteiger partial charge on any atom is -1.00 e. The zero-order chi connectivity index (χ0) is 10.7. The van der Waals surface area contributed by atoms with Crippen molar-refractivity contribution in [3.63, 3.8) is 0 Å². The van der Waals surface area contributed by atoms with Crippen LogP contribution in [0.25, 0.3) is 0 Å². The predicted molar refractivity (Wildman–Crippen MR) is 71.1 cm³/mol. The van der Waals surface area contributed by atoms with Crippen LogP contribution in [0.15, 0.2) is 48.5 Å². The summed E-state index contributed by atoms with van der Waals surface area (Å²) in [5.41, 5.74) is 2.65. The minimum atomic E-state index is 0. The SMILES string of the molecule is Cc1ccc(Pc2ccc(C)cc2)cc1.[H-].[Na+]. The number of benzene rings is 2. The second-order valence-electron chi connectivity index (χ2n) is 3.86. The van der Waals surface area contributed by atoms with E-state index in [0.29, 0.717) is 0 Å². The first-order chi connectivity index (χ1) is 7.24. The molecule has 0 aliphatic heterocycles. The summed E-state index contributed by atoms with van der Waals surface area (Å²) in [7, 11) is 0.769. The van der Waals surface area contributed by atoms with Crippen molar-refractivity contribution in [1.29, 1.82) is 0 Å². The van der Waals surface area contributed by atoms with Crippen LogP contribution < -0.4 is 40.2 Å². The van der Waals surface area contributed by atoms with E-state index in [2.05, 4.69) is 62.4 Å². The third-order valence-electron chi connectivity index (χ3n) is 2.39. The molecule has 2 aromatic rings. The Labute approximate surface area is 123 Å². The Bertz CT molecular complexity index is 393. The van der Waals surface area contributed by atoms with Crippen molar-refractivity contribution in [2.24, 2.45) is 0 Å². The Morgan fingerprint density at radius 2 is 1.00 bits per heavy atom. The molecule has 0 radical (unpaired) electrons. The number of aryl methyl sites for hydroxylation is 2. The molecule has 0 amide bonds. The van der Waals surface area contributed by atoms with Crippen LogP contribution >= 0.6 is 8.58 Å². The summed E-state index contributed by atoms with van der Waals surface area (Å²) < 4.78 is 0. The molecule has 0 atom stereocenters. The van der Waals surface area contributed by atoms with Gasteiger partial charge in [0, 0.05) is 0 Å². The average Bonchev–Trinajstić information content (AvgIpc) is 2.25. The molecule has 78 valence electrons.